The summed E-state index contributed by atoms with van der Waals surface area (Å²) in [4.78, 5) is 8.22. The molecule has 0 aromatic carbocycles. The van der Waals surface area contributed by atoms with Crippen molar-refractivity contribution in [2.45, 2.75) is 37.3 Å². The van der Waals surface area contributed by atoms with Gasteiger partial charge in [-0.3, -0.25) is 0 Å². The minimum atomic E-state index is -3.56. The Morgan fingerprint density at radius 2 is 2.15 bits per heavy atom. The number of imidazole rings is 1. The van der Waals surface area contributed by atoms with Crippen molar-refractivity contribution in [1.29, 1.82) is 0 Å². The maximum atomic E-state index is 12.3. The summed E-state index contributed by atoms with van der Waals surface area (Å²) in [5.74, 6) is 0.108. The molecule has 0 amide bonds. The van der Waals surface area contributed by atoms with Crippen LogP contribution in [0.1, 0.15) is 36.2 Å². The van der Waals surface area contributed by atoms with E-state index in [1.165, 1.54) is 22.1 Å². The maximum Gasteiger partial charge on any atom is 0.228 e. The summed E-state index contributed by atoms with van der Waals surface area (Å²) in [6.07, 6.45) is 1.37. The van der Waals surface area contributed by atoms with E-state index in [0.717, 1.165) is 5.01 Å². The van der Waals surface area contributed by atoms with Gasteiger partial charge >= 0.3 is 0 Å². The third-order valence-corrected chi connectivity index (χ3v) is 5.69. The number of hydrogen-bond acceptors (Lipinski definition) is 6. The topological polar surface area (TPSA) is 85.1 Å². The van der Waals surface area contributed by atoms with Crippen LogP contribution in [0.25, 0.3) is 0 Å². The fourth-order valence-electron chi connectivity index (χ4n) is 1.77. The summed E-state index contributed by atoms with van der Waals surface area (Å²) in [6.45, 7) is 3.79. The zero-order valence-electron chi connectivity index (χ0n) is 11.6. The second kappa shape index (κ2) is 5.63. The number of hydrogen-bond donors (Lipinski definition) is 1. The first-order valence-corrected chi connectivity index (χ1v) is 8.67. The van der Waals surface area contributed by atoms with Crippen LogP contribution in [-0.2, 0) is 29.2 Å². The van der Waals surface area contributed by atoms with Gasteiger partial charge in [-0.25, -0.2) is 18.4 Å². The van der Waals surface area contributed by atoms with Crippen LogP contribution in [-0.4, -0.2) is 28.1 Å². The molecule has 0 aliphatic rings. The van der Waals surface area contributed by atoms with Gasteiger partial charge < -0.3 is 9.67 Å². The maximum absolute atomic E-state index is 12.3. The van der Waals surface area contributed by atoms with Crippen LogP contribution in [0.15, 0.2) is 16.7 Å². The lowest BCUT2D eigenvalue weighted by Gasteiger charge is -2.04. The summed E-state index contributed by atoms with van der Waals surface area (Å²) in [7, 11) is -1.99. The fraction of sp³-hybridized carbons (Fsp3) is 0.500. The van der Waals surface area contributed by atoms with Crippen LogP contribution in [0.3, 0.4) is 0 Å². The van der Waals surface area contributed by atoms with E-state index in [1.807, 2.05) is 13.8 Å². The lowest BCUT2D eigenvalue weighted by Crippen LogP contribution is -2.12. The molecule has 0 atom stereocenters. The van der Waals surface area contributed by atoms with E-state index in [-0.39, 0.29) is 23.4 Å². The molecule has 0 bridgehead atoms. The summed E-state index contributed by atoms with van der Waals surface area (Å²) in [6, 6.07) is 0. The molecule has 0 unspecified atom stereocenters. The third kappa shape index (κ3) is 2.92. The molecular formula is C12H17N3O3S2. The van der Waals surface area contributed by atoms with Crippen LogP contribution in [0.5, 0.6) is 0 Å². The van der Waals surface area contributed by atoms with Crippen LogP contribution in [0.4, 0.5) is 0 Å². The normalized spacial score (nSPS) is 12.2. The van der Waals surface area contributed by atoms with E-state index in [0.29, 0.717) is 11.4 Å². The van der Waals surface area contributed by atoms with Crippen molar-refractivity contribution >= 4 is 21.2 Å². The Labute approximate surface area is 122 Å². The van der Waals surface area contributed by atoms with Gasteiger partial charge in [0.2, 0.25) is 15.0 Å². The van der Waals surface area contributed by atoms with Gasteiger partial charge in [-0.05, 0) is 0 Å². The quantitative estimate of drug-likeness (QED) is 0.903. The van der Waals surface area contributed by atoms with E-state index in [9.17, 15) is 8.42 Å². The highest BCUT2D eigenvalue weighted by Gasteiger charge is 2.23. The van der Waals surface area contributed by atoms with Gasteiger partial charge in [0, 0.05) is 18.3 Å². The number of rotatable bonds is 5. The van der Waals surface area contributed by atoms with E-state index < -0.39 is 9.84 Å². The SMILES string of the molecule is CC(C)c1nc(CS(=O)(=O)c2ncc(CO)n2C)cs1. The van der Waals surface area contributed by atoms with Gasteiger partial charge in [0.15, 0.2) is 0 Å². The molecule has 0 aliphatic carbocycles. The second-order valence-electron chi connectivity index (χ2n) is 4.84. The van der Waals surface area contributed by atoms with Gasteiger partial charge in [-0.1, -0.05) is 13.8 Å². The molecule has 0 spiro atoms. The summed E-state index contributed by atoms with van der Waals surface area (Å²) >= 11 is 1.46. The van der Waals surface area contributed by atoms with E-state index in [1.54, 1.807) is 12.4 Å². The number of nitrogens with zero attached hydrogens (tertiary/aromatic N) is 3. The Balaban J connectivity index is 2.28. The molecule has 2 heterocycles. The molecule has 0 fully saturated rings. The smallest absolute Gasteiger partial charge is 0.228 e. The van der Waals surface area contributed by atoms with Crippen LogP contribution >= 0.6 is 11.3 Å². The number of aliphatic hydroxyl groups is 1. The molecule has 2 rings (SSSR count). The molecule has 20 heavy (non-hydrogen) atoms. The first-order valence-electron chi connectivity index (χ1n) is 6.13. The van der Waals surface area contributed by atoms with Gasteiger partial charge in [0.05, 0.1) is 29.2 Å². The largest absolute Gasteiger partial charge is 0.390 e. The lowest BCUT2D eigenvalue weighted by molar-refractivity contribution is 0.271. The first-order chi connectivity index (χ1) is 9.35. The second-order valence-corrected chi connectivity index (χ2v) is 7.61. The van der Waals surface area contributed by atoms with Crippen LogP contribution in [0.2, 0.25) is 0 Å². The van der Waals surface area contributed by atoms with E-state index in [2.05, 4.69) is 9.97 Å². The van der Waals surface area contributed by atoms with Gasteiger partial charge in [0.25, 0.3) is 0 Å². The Bertz CT molecular complexity index is 701. The highest BCUT2D eigenvalue weighted by Crippen LogP contribution is 2.22. The third-order valence-electron chi connectivity index (χ3n) is 2.88. The molecule has 0 radical (unpaired) electrons. The van der Waals surface area contributed by atoms with Crippen molar-refractivity contribution in [3.8, 4) is 0 Å². The van der Waals surface area contributed by atoms with Gasteiger partial charge in [0.1, 0.15) is 5.75 Å². The zero-order valence-corrected chi connectivity index (χ0v) is 13.2. The van der Waals surface area contributed by atoms with Gasteiger partial charge in [-0.2, -0.15) is 0 Å². The molecule has 8 heteroatoms. The molecule has 6 nitrogen and oxygen atoms in total. The monoisotopic (exact) mass is 315 g/mol. The molecule has 2 aromatic rings. The molecule has 110 valence electrons. The Morgan fingerprint density at radius 3 is 2.65 bits per heavy atom. The molecule has 0 aliphatic heterocycles. The first kappa shape index (κ1) is 15.1. The summed E-state index contributed by atoms with van der Waals surface area (Å²) in [5, 5.41) is 11.7. The highest BCUT2D eigenvalue weighted by molar-refractivity contribution is 7.90. The zero-order chi connectivity index (χ0) is 14.9. The summed E-state index contributed by atoms with van der Waals surface area (Å²) < 4.78 is 26.1. The summed E-state index contributed by atoms with van der Waals surface area (Å²) in [5.41, 5.74) is 0.997. The lowest BCUT2D eigenvalue weighted by atomic mass is 10.2. The molecule has 0 saturated carbocycles. The van der Waals surface area contributed by atoms with Crippen molar-refractivity contribution in [2.24, 2.45) is 7.05 Å². The van der Waals surface area contributed by atoms with Crippen molar-refractivity contribution in [1.82, 2.24) is 14.5 Å². The standard InChI is InChI=1S/C12H17N3O3S2/c1-8(2)11-14-9(6-19-11)7-20(17,18)12-13-4-10(5-16)15(12)3/h4,6,8,16H,5,7H2,1-3H3. The minimum absolute atomic E-state index is 0.0411. The number of sulfone groups is 1. The Kier molecular flexibility index (Phi) is 4.26. The molecule has 1 N–H and O–H groups in total. The average molecular weight is 315 g/mol. The van der Waals surface area contributed by atoms with E-state index >= 15 is 0 Å². The van der Waals surface area contributed by atoms with E-state index in [4.69, 9.17) is 5.11 Å². The Hall–Kier alpha value is -1.25. The van der Waals surface area contributed by atoms with Crippen LogP contribution < -0.4 is 0 Å². The molecule has 0 saturated heterocycles. The molecular weight excluding hydrogens is 298 g/mol. The van der Waals surface area contributed by atoms with Crippen molar-refractivity contribution in [2.75, 3.05) is 0 Å². The molecule has 2 aromatic heterocycles. The number of aromatic nitrogens is 3. The van der Waals surface area contributed by atoms with Crippen molar-refractivity contribution < 1.29 is 13.5 Å². The fourth-order valence-corrected chi connectivity index (χ4v) is 4.13. The predicted octanol–water partition coefficient (Wildman–Crippen LogP) is 1.47. The number of aliphatic hydroxyl groups excluding tert-OH is 1. The predicted molar refractivity (Wildman–Crippen MR) is 76.2 cm³/mol. The highest BCUT2D eigenvalue weighted by atomic mass is 32.2. The van der Waals surface area contributed by atoms with Crippen LogP contribution in [0, 0.1) is 0 Å². The minimum Gasteiger partial charge on any atom is -0.390 e. The van der Waals surface area contributed by atoms with Crippen molar-refractivity contribution in [3.63, 3.8) is 0 Å². The Morgan fingerprint density at radius 1 is 1.45 bits per heavy atom. The van der Waals surface area contributed by atoms with Gasteiger partial charge in [-0.15, -0.1) is 11.3 Å². The number of thiazole rings is 1. The van der Waals surface area contributed by atoms with Crippen molar-refractivity contribution in [3.05, 3.63) is 28.0 Å². The average Bonchev–Trinajstić information content (AvgIpc) is 2.95.